The first-order chi connectivity index (χ1) is 19.0. The van der Waals surface area contributed by atoms with Crippen LogP contribution in [0.25, 0.3) is 0 Å². The van der Waals surface area contributed by atoms with Crippen molar-refractivity contribution in [3.05, 3.63) is 64.5 Å². The van der Waals surface area contributed by atoms with Gasteiger partial charge in [-0.25, -0.2) is 13.2 Å². The van der Waals surface area contributed by atoms with Gasteiger partial charge in [-0.1, -0.05) is 44.9 Å². The van der Waals surface area contributed by atoms with Gasteiger partial charge >= 0.3 is 0 Å². The molecule has 2 aliphatic carbocycles. The molecule has 4 rings (SSSR count). The van der Waals surface area contributed by atoms with Gasteiger partial charge in [0.25, 0.3) is 0 Å². The van der Waals surface area contributed by atoms with Crippen LogP contribution in [-0.4, -0.2) is 25.4 Å². The van der Waals surface area contributed by atoms with Crippen LogP contribution >= 0.6 is 0 Å². The molecule has 2 aliphatic rings. The molecular weight excluding hydrogens is 501 g/mol. The summed E-state index contributed by atoms with van der Waals surface area (Å²) < 4.78 is 62.2. The molecule has 39 heavy (non-hydrogen) atoms. The van der Waals surface area contributed by atoms with E-state index in [2.05, 4.69) is 13.8 Å². The number of hydrogen-bond donors (Lipinski definition) is 0. The van der Waals surface area contributed by atoms with Crippen LogP contribution in [0.15, 0.2) is 30.3 Å². The molecule has 0 N–H and O–H groups in total. The molecular formula is C33H45F3O3. The van der Waals surface area contributed by atoms with Gasteiger partial charge in [-0.05, 0) is 105 Å². The van der Waals surface area contributed by atoms with Crippen molar-refractivity contribution in [2.75, 3.05) is 13.2 Å². The Kier molecular flexibility index (Phi) is 11.6. The van der Waals surface area contributed by atoms with Crippen LogP contribution < -0.4 is 4.74 Å². The predicted molar refractivity (Wildman–Crippen MR) is 149 cm³/mol. The molecule has 2 aromatic rings. The maximum absolute atomic E-state index is 15.2. The number of benzene rings is 2. The first-order valence-corrected chi connectivity index (χ1v) is 15.1. The number of ether oxygens (including phenoxy) is 3. The minimum absolute atomic E-state index is 0.00639. The zero-order valence-corrected chi connectivity index (χ0v) is 23.7. The fourth-order valence-electron chi connectivity index (χ4n) is 5.98. The van der Waals surface area contributed by atoms with Gasteiger partial charge in [-0.3, -0.25) is 0 Å². The van der Waals surface area contributed by atoms with Crippen LogP contribution in [0.5, 0.6) is 5.75 Å². The fraction of sp³-hybridized carbons (Fsp3) is 0.636. The summed E-state index contributed by atoms with van der Waals surface area (Å²) in [7, 11) is 0. The molecule has 2 fully saturated rings. The molecule has 0 unspecified atom stereocenters. The van der Waals surface area contributed by atoms with Crippen molar-refractivity contribution in [1.29, 1.82) is 0 Å². The lowest BCUT2D eigenvalue weighted by molar-refractivity contribution is 0.0129. The zero-order chi connectivity index (χ0) is 27.6. The monoisotopic (exact) mass is 546 g/mol. The third-order valence-electron chi connectivity index (χ3n) is 8.46. The lowest BCUT2D eigenvalue weighted by atomic mass is 9.79. The molecule has 0 radical (unpaired) electrons. The molecule has 0 spiro atoms. The van der Waals surface area contributed by atoms with Gasteiger partial charge in [0.15, 0.2) is 23.2 Å². The number of rotatable bonds is 13. The van der Waals surface area contributed by atoms with Crippen molar-refractivity contribution >= 4 is 0 Å². The molecule has 0 amide bonds. The third-order valence-corrected chi connectivity index (χ3v) is 8.46. The maximum Gasteiger partial charge on any atom is 0.165 e. The second-order valence-electron chi connectivity index (χ2n) is 11.3. The molecule has 3 nitrogen and oxygen atoms in total. The van der Waals surface area contributed by atoms with Crippen molar-refractivity contribution in [1.82, 2.24) is 0 Å². The summed E-state index contributed by atoms with van der Waals surface area (Å²) >= 11 is 0. The number of unbranched alkanes of at least 4 members (excludes halogenated alkanes) is 2. The second kappa shape index (κ2) is 15.1. The highest BCUT2D eigenvalue weighted by molar-refractivity contribution is 5.32. The van der Waals surface area contributed by atoms with Crippen LogP contribution in [0.4, 0.5) is 13.2 Å². The van der Waals surface area contributed by atoms with Crippen LogP contribution in [0, 0.1) is 17.5 Å². The van der Waals surface area contributed by atoms with Crippen LogP contribution in [0.1, 0.15) is 119 Å². The van der Waals surface area contributed by atoms with Crippen molar-refractivity contribution in [2.24, 2.45) is 0 Å². The fourth-order valence-corrected chi connectivity index (χ4v) is 5.98. The van der Waals surface area contributed by atoms with E-state index in [-0.39, 0.29) is 35.6 Å². The molecule has 2 saturated carbocycles. The summed E-state index contributed by atoms with van der Waals surface area (Å²) in [6.45, 7) is 5.84. The lowest BCUT2D eigenvalue weighted by Crippen LogP contribution is -2.23. The summed E-state index contributed by atoms with van der Waals surface area (Å²) in [5, 5.41) is 0. The van der Waals surface area contributed by atoms with E-state index in [9.17, 15) is 4.39 Å². The second-order valence-corrected chi connectivity index (χ2v) is 11.3. The van der Waals surface area contributed by atoms with E-state index >= 15 is 8.78 Å². The average molecular weight is 547 g/mol. The van der Waals surface area contributed by atoms with E-state index in [1.807, 2.05) is 18.2 Å². The largest absolute Gasteiger partial charge is 0.491 e. The minimum atomic E-state index is -0.671. The van der Waals surface area contributed by atoms with E-state index in [0.29, 0.717) is 24.3 Å². The summed E-state index contributed by atoms with van der Waals surface area (Å²) in [6.07, 6.45) is 10.9. The molecule has 0 aliphatic heterocycles. The Bertz CT molecular complexity index is 1030. The summed E-state index contributed by atoms with van der Waals surface area (Å²) in [5.41, 5.74) is 1.78. The molecule has 0 aromatic heterocycles. The smallest absolute Gasteiger partial charge is 0.165 e. The molecule has 6 heteroatoms. The molecule has 0 bridgehead atoms. The quantitative estimate of drug-likeness (QED) is 0.234. The van der Waals surface area contributed by atoms with Crippen LogP contribution in [0.2, 0.25) is 0 Å². The standard InChI is InChI=1S/C33H45F3O3/c1-3-5-19-37-26-12-8-24(9-13-26)28-16-17-29(33(36)32(28)35)25-10-14-27(15-11-25)39-22-23-7-18-31(30(34)21-23)38-20-6-4-2/h7,16-18,21,24-27H,3-6,8-15,19-20,22H2,1-2H3. The van der Waals surface area contributed by atoms with Gasteiger partial charge in [0.2, 0.25) is 0 Å². The van der Waals surface area contributed by atoms with Crippen molar-refractivity contribution in [2.45, 2.75) is 122 Å². The highest BCUT2D eigenvalue weighted by Crippen LogP contribution is 2.40. The highest BCUT2D eigenvalue weighted by Gasteiger charge is 2.30. The van der Waals surface area contributed by atoms with Crippen molar-refractivity contribution < 1.29 is 27.4 Å². The van der Waals surface area contributed by atoms with Crippen LogP contribution in [0.3, 0.4) is 0 Å². The number of halogens is 3. The van der Waals surface area contributed by atoms with Gasteiger partial charge in [0.1, 0.15) is 0 Å². The van der Waals surface area contributed by atoms with Gasteiger partial charge in [0.05, 0.1) is 25.4 Å². The average Bonchev–Trinajstić information content (AvgIpc) is 2.95. The molecule has 0 atom stereocenters. The zero-order valence-electron chi connectivity index (χ0n) is 23.7. The topological polar surface area (TPSA) is 27.7 Å². The van der Waals surface area contributed by atoms with Gasteiger partial charge < -0.3 is 14.2 Å². The SMILES string of the molecule is CCCCOc1ccc(COC2CCC(c3ccc(C4CCC(OCCCC)CC4)c(F)c3F)CC2)cc1F. The van der Waals surface area contributed by atoms with Crippen molar-refractivity contribution in [3.63, 3.8) is 0 Å². The van der Waals surface area contributed by atoms with E-state index < -0.39 is 11.6 Å². The number of hydrogen-bond acceptors (Lipinski definition) is 3. The Hall–Kier alpha value is -2.05. The highest BCUT2D eigenvalue weighted by atomic mass is 19.2. The van der Waals surface area contributed by atoms with Gasteiger partial charge in [-0.15, -0.1) is 0 Å². The lowest BCUT2D eigenvalue weighted by Gasteiger charge is -2.31. The first-order valence-electron chi connectivity index (χ1n) is 15.1. The Morgan fingerprint density at radius 3 is 1.74 bits per heavy atom. The predicted octanol–water partition coefficient (Wildman–Crippen LogP) is 9.37. The molecule has 2 aromatic carbocycles. The van der Waals surface area contributed by atoms with Gasteiger partial charge in [-0.2, -0.15) is 0 Å². The molecule has 0 heterocycles. The Balaban J connectivity index is 1.25. The summed E-state index contributed by atoms with van der Waals surface area (Å²) in [6, 6.07) is 8.61. The Labute approximate surface area is 232 Å². The first kappa shape index (κ1) is 29.9. The summed E-state index contributed by atoms with van der Waals surface area (Å²) in [4.78, 5) is 0. The van der Waals surface area contributed by atoms with E-state index in [1.54, 1.807) is 6.07 Å². The van der Waals surface area contributed by atoms with E-state index in [0.717, 1.165) is 89.2 Å². The van der Waals surface area contributed by atoms with Crippen LogP contribution in [-0.2, 0) is 16.1 Å². The van der Waals surface area contributed by atoms with E-state index in [1.165, 1.54) is 6.07 Å². The van der Waals surface area contributed by atoms with Gasteiger partial charge in [0, 0.05) is 6.61 Å². The van der Waals surface area contributed by atoms with E-state index in [4.69, 9.17) is 14.2 Å². The maximum atomic E-state index is 15.2. The Morgan fingerprint density at radius 2 is 1.21 bits per heavy atom. The molecule has 0 saturated heterocycles. The Morgan fingerprint density at radius 1 is 0.667 bits per heavy atom. The normalized spacial score (nSPS) is 23.6. The third kappa shape index (κ3) is 8.23. The summed E-state index contributed by atoms with van der Waals surface area (Å²) in [5.74, 6) is -1.37. The minimum Gasteiger partial charge on any atom is -0.491 e. The molecule has 216 valence electrons. The van der Waals surface area contributed by atoms with Crippen molar-refractivity contribution in [3.8, 4) is 5.75 Å².